The van der Waals surface area contributed by atoms with Crippen LogP contribution in [0.3, 0.4) is 0 Å². The van der Waals surface area contributed by atoms with Gasteiger partial charge in [0.25, 0.3) is 6.43 Å². The van der Waals surface area contributed by atoms with Crippen molar-refractivity contribution in [3.63, 3.8) is 0 Å². The Morgan fingerprint density at radius 2 is 2.40 bits per heavy atom. The first-order chi connectivity index (χ1) is 9.56. The summed E-state index contributed by atoms with van der Waals surface area (Å²) in [7, 11) is 0. The molecule has 0 radical (unpaired) electrons. The molecule has 1 aromatic rings. The minimum absolute atomic E-state index is 0.122. The number of aliphatic imine (C=N–C) groups is 1. The second-order valence-electron chi connectivity index (χ2n) is 5.07. The minimum atomic E-state index is -2.60. The number of nitrogens with two attached hydrogens (primary N) is 1. The Hall–Kier alpha value is -1.79. The number of alkyl halides is 2. The van der Waals surface area contributed by atoms with Crippen molar-refractivity contribution in [3.05, 3.63) is 23.8 Å². The molecule has 5 nitrogen and oxygen atoms in total. The van der Waals surface area contributed by atoms with Crippen LogP contribution < -0.4 is 5.73 Å². The van der Waals surface area contributed by atoms with E-state index in [9.17, 15) is 8.78 Å². The Morgan fingerprint density at radius 1 is 1.60 bits per heavy atom. The SMILES string of the molecule is CC1CCCN(C(N)=NCc2nccc(C(F)F)n2)C1. The molecule has 1 unspecified atom stereocenters. The molecular formula is C13H19F2N5. The van der Waals surface area contributed by atoms with E-state index in [-0.39, 0.29) is 18.1 Å². The van der Waals surface area contributed by atoms with Crippen molar-refractivity contribution in [2.45, 2.75) is 32.7 Å². The minimum Gasteiger partial charge on any atom is -0.370 e. The van der Waals surface area contributed by atoms with E-state index in [1.54, 1.807) is 0 Å². The van der Waals surface area contributed by atoms with Gasteiger partial charge in [-0.1, -0.05) is 6.92 Å². The molecule has 0 saturated carbocycles. The molecule has 0 aromatic carbocycles. The molecule has 1 aliphatic heterocycles. The Kier molecular flexibility index (Phi) is 4.81. The number of hydrogen-bond acceptors (Lipinski definition) is 3. The Morgan fingerprint density at radius 3 is 3.10 bits per heavy atom. The van der Waals surface area contributed by atoms with Gasteiger partial charge >= 0.3 is 0 Å². The highest BCUT2D eigenvalue weighted by atomic mass is 19.3. The molecule has 0 bridgehead atoms. The van der Waals surface area contributed by atoms with Gasteiger partial charge in [-0.25, -0.2) is 23.7 Å². The fourth-order valence-corrected chi connectivity index (χ4v) is 2.26. The number of guanidine groups is 1. The average molecular weight is 283 g/mol. The molecule has 7 heteroatoms. The topological polar surface area (TPSA) is 67.4 Å². The van der Waals surface area contributed by atoms with Crippen LogP contribution in [0.5, 0.6) is 0 Å². The lowest BCUT2D eigenvalue weighted by atomic mass is 10.0. The average Bonchev–Trinajstić information content (AvgIpc) is 2.45. The quantitative estimate of drug-likeness (QED) is 0.680. The molecular weight excluding hydrogens is 264 g/mol. The van der Waals surface area contributed by atoms with Crippen molar-refractivity contribution in [1.82, 2.24) is 14.9 Å². The van der Waals surface area contributed by atoms with Crippen molar-refractivity contribution < 1.29 is 8.78 Å². The molecule has 0 spiro atoms. The lowest BCUT2D eigenvalue weighted by Crippen LogP contribution is -2.43. The van der Waals surface area contributed by atoms with Crippen LogP contribution in [0.15, 0.2) is 17.3 Å². The summed E-state index contributed by atoms with van der Waals surface area (Å²) in [6.07, 6.45) is 1.01. The van der Waals surface area contributed by atoms with E-state index in [0.29, 0.717) is 11.9 Å². The van der Waals surface area contributed by atoms with Crippen molar-refractivity contribution in [1.29, 1.82) is 0 Å². The van der Waals surface area contributed by atoms with Gasteiger partial charge in [0.1, 0.15) is 18.1 Å². The van der Waals surface area contributed by atoms with Crippen LogP contribution >= 0.6 is 0 Å². The molecule has 1 atom stereocenters. The molecule has 1 fully saturated rings. The smallest absolute Gasteiger partial charge is 0.280 e. The maximum absolute atomic E-state index is 12.5. The van der Waals surface area contributed by atoms with Crippen molar-refractivity contribution >= 4 is 5.96 Å². The van der Waals surface area contributed by atoms with E-state index in [1.807, 2.05) is 4.90 Å². The maximum atomic E-state index is 12.5. The van der Waals surface area contributed by atoms with Crippen molar-refractivity contribution in [2.75, 3.05) is 13.1 Å². The van der Waals surface area contributed by atoms with Crippen LogP contribution in [-0.4, -0.2) is 33.9 Å². The molecule has 0 amide bonds. The van der Waals surface area contributed by atoms with Crippen LogP contribution in [0, 0.1) is 5.92 Å². The van der Waals surface area contributed by atoms with Gasteiger partial charge < -0.3 is 10.6 Å². The molecule has 2 rings (SSSR count). The van der Waals surface area contributed by atoms with Gasteiger partial charge in [-0.2, -0.15) is 0 Å². The zero-order valence-corrected chi connectivity index (χ0v) is 11.5. The number of likely N-dealkylation sites (tertiary alicyclic amines) is 1. The third kappa shape index (κ3) is 3.85. The summed E-state index contributed by atoms with van der Waals surface area (Å²) in [5.41, 5.74) is 5.65. The first-order valence-corrected chi connectivity index (χ1v) is 6.71. The molecule has 1 aromatic heterocycles. The molecule has 1 saturated heterocycles. The van der Waals surface area contributed by atoms with E-state index < -0.39 is 6.43 Å². The monoisotopic (exact) mass is 283 g/mol. The summed E-state index contributed by atoms with van der Waals surface area (Å²) in [4.78, 5) is 13.9. The second-order valence-corrected chi connectivity index (χ2v) is 5.07. The van der Waals surface area contributed by atoms with Crippen molar-refractivity contribution in [2.24, 2.45) is 16.6 Å². The standard InChI is InChI=1S/C13H19F2N5/c1-9-3-2-6-20(8-9)13(16)18-7-11-17-5-4-10(19-11)12(14)15/h4-5,9,12H,2-3,6-8H2,1H3,(H2,16,18). The summed E-state index contributed by atoms with van der Waals surface area (Å²) < 4.78 is 25.0. The van der Waals surface area contributed by atoms with Crippen LogP contribution in [0.4, 0.5) is 8.78 Å². The van der Waals surface area contributed by atoms with Crippen molar-refractivity contribution in [3.8, 4) is 0 Å². The number of halogens is 2. The maximum Gasteiger partial charge on any atom is 0.280 e. The largest absolute Gasteiger partial charge is 0.370 e. The molecule has 0 aliphatic carbocycles. The number of hydrogen-bond donors (Lipinski definition) is 1. The Balaban J connectivity index is 1.99. The number of rotatable bonds is 3. The lowest BCUT2D eigenvalue weighted by molar-refractivity contribution is 0.145. The molecule has 1 aliphatic rings. The summed E-state index contributed by atoms with van der Waals surface area (Å²) >= 11 is 0. The van der Waals surface area contributed by atoms with Gasteiger partial charge in [-0.05, 0) is 24.8 Å². The molecule has 2 N–H and O–H groups in total. The van der Waals surface area contributed by atoms with Gasteiger partial charge in [0.05, 0.1) is 0 Å². The third-order valence-corrected chi connectivity index (χ3v) is 3.31. The van der Waals surface area contributed by atoms with Gasteiger partial charge in [0.2, 0.25) is 0 Å². The zero-order chi connectivity index (χ0) is 14.5. The van der Waals surface area contributed by atoms with Crippen LogP contribution in [-0.2, 0) is 6.54 Å². The van der Waals surface area contributed by atoms with Gasteiger partial charge in [-0.15, -0.1) is 0 Å². The number of piperidine rings is 1. The predicted molar refractivity (Wildman–Crippen MR) is 72.3 cm³/mol. The summed E-state index contributed by atoms with van der Waals surface area (Å²) in [5.74, 6) is 1.29. The summed E-state index contributed by atoms with van der Waals surface area (Å²) in [5, 5.41) is 0. The molecule has 110 valence electrons. The molecule has 2 heterocycles. The summed E-state index contributed by atoms with van der Waals surface area (Å²) in [6.45, 7) is 4.07. The van der Waals surface area contributed by atoms with Gasteiger partial charge in [-0.3, -0.25) is 0 Å². The first kappa shape index (κ1) is 14.6. The third-order valence-electron chi connectivity index (χ3n) is 3.31. The summed E-state index contributed by atoms with van der Waals surface area (Å²) in [6, 6.07) is 1.20. The van der Waals surface area contributed by atoms with Crippen LogP contribution in [0.2, 0.25) is 0 Å². The second kappa shape index (κ2) is 6.58. The van der Waals surface area contributed by atoms with E-state index in [4.69, 9.17) is 5.73 Å². The zero-order valence-electron chi connectivity index (χ0n) is 11.5. The first-order valence-electron chi connectivity index (χ1n) is 6.71. The van der Waals surface area contributed by atoms with Gasteiger partial charge in [0.15, 0.2) is 5.96 Å². The number of aromatic nitrogens is 2. The van der Waals surface area contributed by atoms with E-state index in [0.717, 1.165) is 19.5 Å². The highest BCUT2D eigenvalue weighted by Gasteiger charge is 2.17. The predicted octanol–water partition coefficient (Wildman–Crippen LogP) is 1.96. The Bertz CT molecular complexity index is 478. The van der Waals surface area contributed by atoms with Crippen LogP contribution in [0.25, 0.3) is 0 Å². The van der Waals surface area contributed by atoms with E-state index >= 15 is 0 Å². The highest BCUT2D eigenvalue weighted by Crippen LogP contribution is 2.16. The van der Waals surface area contributed by atoms with Gasteiger partial charge in [0, 0.05) is 19.3 Å². The number of nitrogens with zero attached hydrogens (tertiary/aromatic N) is 4. The normalized spacial score (nSPS) is 20.5. The fourth-order valence-electron chi connectivity index (χ4n) is 2.26. The molecule has 20 heavy (non-hydrogen) atoms. The Labute approximate surface area is 116 Å². The fraction of sp³-hybridized carbons (Fsp3) is 0.615. The van der Waals surface area contributed by atoms with E-state index in [1.165, 1.54) is 18.7 Å². The highest BCUT2D eigenvalue weighted by molar-refractivity contribution is 5.78. The van der Waals surface area contributed by atoms with E-state index in [2.05, 4.69) is 21.9 Å². The van der Waals surface area contributed by atoms with Crippen LogP contribution in [0.1, 0.15) is 37.7 Å². The lowest BCUT2D eigenvalue weighted by Gasteiger charge is -2.31.